The number of hydrogen-bond donors (Lipinski definition) is 0. The molecule has 0 spiro atoms. The van der Waals surface area contributed by atoms with Crippen molar-refractivity contribution in [2.24, 2.45) is 0 Å². The van der Waals surface area contributed by atoms with Gasteiger partial charge >= 0.3 is 12.1 Å². The molecule has 0 saturated carbocycles. The summed E-state index contributed by atoms with van der Waals surface area (Å²) in [5, 5.41) is 1.23. The summed E-state index contributed by atoms with van der Waals surface area (Å²) in [5.74, 6) is -0.908. The number of esters is 1. The fourth-order valence-corrected chi connectivity index (χ4v) is 5.02. The molecule has 0 saturated heterocycles. The van der Waals surface area contributed by atoms with Gasteiger partial charge < -0.3 is 18.8 Å². The monoisotopic (exact) mass is 522 g/mol. The number of carbonyl (C=O) groups excluding carboxylic acids is 3. The third-order valence-electron chi connectivity index (χ3n) is 6.94. The van der Waals surface area contributed by atoms with Crippen LogP contribution in [-0.4, -0.2) is 58.6 Å². The number of fused-ring (bicyclic) bond motifs is 3. The molecule has 3 heterocycles. The zero-order valence-electron chi connectivity index (χ0n) is 22.8. The molecule has 0 aliphatic carbocycles. The van der Waals surface area contributed by atoms with E-state index in [1.54, 1.807) is 0 Å². The Hall–Kier alpha value is -3.72. The maximum absolute atomic E-state index is 12.4. The smallest absolute Gasteiger partial charge is 0.425 e. The SMILES string of the molecule is CC(=O)CC(OC(C)=O)OC(=O)OC[N+]1(C)CCc2c(c3cc(C)ccc3n2CCc2ccc(C)nc2)C1. The van der Waals surface area contributed by atoms with E-state index in [2.05, 4.69) is 40.7 Å². The predicted octanol–water partition coefficient (Wildman–Crippen LogP) is 4.38. The van der Waals surface area contributed by atoms with Gasteiger partial charge in [0.05, 0.1) is 20.0 Å². The Bertz CT molecular complexity index is 1330. The molecule has 0 radical (unpaired) electrons. The molecule has 2 aromatic heterocycles. The summed E-state index contributed by atoms with van der Waals surface area (Å²) >= 11 is 0. The minimum Gasteiger partial charge on any atom is -0.425 e. The van der Waals surface area contributed by atoms with Gasteiger partial charge in [-0.1, -0.05) is 17.7 Å². The van der Waals surface area contributed by atoms with Crippen molar-refractivity contribution in [3.63, 3.8) is 0 Å². The molecule has 202 valence electrons. The second-order valence-corrected chi connectivity index (χ2v) is 10.5. The summed E-state index contributed by atoms with van der Waals surface area (Å²) in [6.45, 7) is 9.04. The molecular weight excluding hydrogens is 486 g/mol. The normalized spacial score (nSPS) is 17.5. The van der Waals surface area contributed by atoms with Crippen molar-refractivity contribution in [3.8, 4) is 0 Å². The standard InChI is InChI=1S/C29H36N3O6/c1-19-6-9-26-24(14-19)25-17-32(5,18-36-29(35)38-28(15-21(3)33)37-22(4)34)13-11-27(25)31(26)12-10-23-8-7-20(2)30-16-23/h6-9,14,16,28H,10-13,15,17-18H2,1-5H3/q+1. The van der Waals surface area contributed by atoms with Crippen molar-refractivity contribution in [1.29, 1.82) is 0 Å². The van der Waals surface area contributed by atoms with Crippen LogP contribution < -0.4 is 0 Å². The van der Waals surface area contributed by atoms with Gasteiger partial charge in [0.15, 0.2) is 0 Å². The van der Waals surface area contributed by atoms with E-state index < -0.39 is 18.4 Å². The molecule has 0 N–H and O–H groups in total. The number of carbonyl (C=O) groups is 3. The van der Waals surface area contributed by atoms with Crippen LogP contribution in [0.1, 0.15) is 48.3 Å². The van der Waals surface area contributed by atoms with Gasteiger partial charge in [0.25, 0.3) is 6.29 Å². The Labute approximate surface area is 222 Å². The van der Waals surface area contributed by atoms with Crippen LogP contribution >= 0.6 is 0 Å². The summed E-state index contributed by atoms with van der Waals surface area (Å²) in [4.78, 5) is 39.5. The summed E-state index contributed by atoms with van der Waals surface area (Å²) in [5.41, 5.74) is 7.21. The second-order valence-electron chi connectivity index (χ2n) is 10.5. The number of ether oxygens (including phenoxy) is 3. The van der Waals surface area contributed by atoms with Crippen molar-refractivity contribution >= 4 is 28.8 Å². The molecule has 1 aliphatic heterocycles. The van der Waals surface area contributed by atoms with Crippen molar-refractivity contribution in [2.45, 2.75) is 66.3 Å². The van der Waals surface area contributed by atoms with Gasteiger partial charge in [-0.25, -0.2) is 4.79 Å². The van der Waals surface area contributed by atoms with Gasteiger partial charge in [0, 0.05) is 53.9 Å². The molecule has 38 heavy (non-hydrogen) atoms. The van der Waals surface area contributed by atoms with E-state index in [1.807, 2.05) is 26.2 Å². The molecule has 2 unspecified atom stereocenters. The number of pyridine rings is 1. The molecular formula is C29H36N3O6+. The van der Waals surface area contributed by atoms with Crippen LogP contribution in [0.4, 0.5) is 4.79 Å². The number of quaternary nitrogens is 1. The Balaban J connectivity index is 1.49. The third-order valence-corrected chi connectivity index (χ3v) is 6.94. The molecule has 0 fully saturated rings. The lowest BCUT2D eigenvalue weighted by molar-refractivity contribution is -0.940. The maximum Gasteiger partial charge on any atom is 0.515 e. The number of hydrogen-bond acceptors (Lipinski definition) is 7. The number of Topliss-reactive ketones (excluding diaryl/α,β-unsaturated/α-hetero) is 1. The first-order chi connectivity index (χ1) is 18.0. The van der Waals surface area contributed by atoms with Gasteiger partial charge in [-0.15, -0.1) is 0 Å². The fraction of sp³-hybridized carbons (Fsp3) is 0.448. The molecule has 4 rings (SSSR count). The van der Waals surface area contributed by atoms with Gasteiger partial charge in [-0.05, 0) is 51.0 Å². The average Bonchev–Trinajstić information content (AvgIpc) is 3.13. The van der Waals surface area contributed by atoms with Crippen LogP contribution in [0.2, 0.25) is 0 Å². The lowest BCUT2D eigenvalue weighted by Crippen LogP contribution is -2.49. The summed E-state index contributed by atoms with van der Waals surface area (Å²) in [6.07, 6.45) is 1.20. The highest BCUT2D eigenvalue weighted by Gasteiger charge is 2.34. The number of ketones is 1. The van der Waals surface area contributed by atoms with Crippen LogP contribution in [0, 0.1) is 13.8 Å². The predicted molar refractivity (Wildman–Crippen MR) is 141 cm³/mol. The van der Waals surface area contributed by atoms with Gasteiger partial charge in [-0.3, -0.25) is 19.1 Å². The Morgan fingerprint density at radius 1 is 1.11 bits per heavy atom. The Morgan fingerprint density at radius 3 is 2.58 bits per heavy atom. The molecule has 3 aromatic rings. The zero-order valence-corrected chi connectivity index (χ0v) is 22.8. The average molecular weight is 523 g/mol. The number of aromatic nitrogens is 2. The molecule has 1 aromatic carbocycles. The van der Waals surface area contributed by atoms with Crippen LogP contribution in [0.15, 0.2) is 36.5 Å². The van der Waals surface area contributed by atoms with Crippen LogP contribution in [0.5, 0.6) is 0 Å². The second kappa shape index (κ2) is 11.3. The largest absolute Gasteiger partial charge is 0.515 e. The van der Waals surface area contributed by atoms with Crippen molar-refractivity contribution in [3.05, 3.63) is 64.6 Å². The van der Waals surface area contributed by atoms with Crippen LogP contribution in [0.25, 0.3) is 10.9 Å². The van der Waals surface area contributed by atoms with Crippen molar-refractivity contribution in [1.82, 2.24) is 9.55 Å². The summed E-state index contributed by atoms with van der Waals surface area (Å²) in [6, 6.07) is 10.8. The highest BCUT2D eigenvalue weighted by Crippen LogP contribution is 2.34. The molecule has 2 atom stereocenters. The van der Waals surface area contributed by atoms with E-state index in [4.69, 9.17) is 14.2 Å². The highest BCUT2D eigenvalue weighted by atomic mass is 16.8. The molecule has 0 amide bonds. The summed E-state index contributed by atoms with van der Waals surface area (Å²) in [7, 11) is 2.05. The van der Waals surface area contributed by atoms with Crippen LogP contribution in [-0.2, 0) is 49.7 Å². The first kappa shape index (κ1) is 27.3. The highest BCUT2D eigenvalue weighted by molar-refractivity contribution is 5.86. The topological polar surface area (TPSA) is 96.7 Å². The lowest BCUT2D eigenvalue weighted by atomic mass is 10.0. The lowest BCUT2D eigenvalue weighted by Gasteiger charge is -2.37. The van der Waals surface area contributed by atoms with Gasteiger partial charge in [-0.2, -0.15) is 0 Å². The number of benzene rings is 1. The maximum atomic E-state index is 12.4. The zero-order chi connectivity index (χ0) is 27.4. The number of likely N-dealkylation sites (N-methyl/N-ethyl adjacent to an activating group) is 1. The Morgan fingerprint density at radius 2 is 1.89 bits per heavy atom. The Kier molecular flexibility index (Phi) is 8.16. The quantitative estimate of drug-likeness (QED) is 0.234. The van der Waals surface area contributed by atoms with E-state index in [0.29, 0.717) is 11.0 Å². The minimum atomic E-state index is -1.29. The molecule has 0 bridgehead atoms. The fourth-order valence-electron chi connectivity index (χ4n) is 5.02. The molecule has 9 heteroatoms. The van der Waals surface area contributed by atoms with Crippen molar-refractivity contribution in [2.75, 3.05) is 20.3 Å². The number of nitrogens with zero attached hydrogens (tertiary/aromatic N) is 3. The number of rotatable bonds is 9. The molecule has 9 nitrogen and oxygen atoms in total. The van der Waals surface area contributed by atoms with Crippen molar-refractivity contribution < 1.29 is 33.1 Å². The van der Waals surface area contributed by atoms with E-state index in [-0.39, 0.29) is 18.9 Å². The van der Waals surface area contributed by atoms with Crippen LogP contribution in [0.3, 0.4) is 0 Å². The first-order valence-electron chi connectivity index (χ1n) is 12.9. The van der Waals surface area contributed by atoms with Gasteiger partial charge in [0.1, 0.15) is 12.3 Å². The molecule has 1 aliphatic rings. The number of aryl methyl sites for hydroxylation is 4. The third kappa shape index (κ3) is 6.58. The van der Waals surface area contributed by atoms with E-state index in [0.717, 1.165) is 31.6 Å². The minimum absolute atomic E-state index is 0.0959. The first-order valence-corrected chi connectivity index (χ1v) is 12.9. The van der Waals surface area contributed by atoms with E-state index >= 15 is 0 Å². The van der Waals surface area contributed by atoms with Gasteiger partial charge in [0.2, 0.25) is 6.73 Å². The van der Waals surface area contributed by atoms with E-state index in [1.165, 1.54) is 47.1 Å². The summed E-state index contributed by atoms with van der Waals surface area (Å²) < 4.78 is 18.4. The van der Waals surface area contributed by atoms with E-state index in [9.17, 15) is 14.4 Å².